The van der Waals surface area contributed by atoms with E-state index in [1.165, 1.54) is 51.6 Å². The fourth-order valence-electron chi connectivity index (χ4n) is 2.89. The molecule has 152 valence electrons. The summed E-state index contributed by atoms with van der Waals surface area (Å²) in [6.45, 7) is 11.1. The van der Waals surface area contributed by atoms with Gasteiger partial charge >= 0.3 is 0 Å². The Bertz CT molecular complexity index is 196. The largest absolute Gasteiger partial charge is 0.317 e. The Labute approximate surface area is 174 Å². The fourth-order valence-corrected chi connectivity index (χ4v) is 2.89. The molecule has 1 fully saturated rings. The van der Waals surface area contributed by atoms with E-state index in [0.717, 1.165) is 38.3 Å². The van der Waals surface area contributed by atoms with Gasteiger partial charge in [0, 0.05) is 12.1 Å². The number of nitrogens with one attached hydrogen (secondary N) is 4. The van der Waals surface area contributed by atoms with Crippen LogP contribution >= 0.6 is 49.6 Å². The van der Waals surface area contributed by atoms with Gasteiger partial charge in [0.2, 0.25) is 0 Å². The highest BCUT2D eigenvalue weighted by Gasteiger charge is 2.19. The third kappa shape index (κ3) is 17.8. The number of halogens is 4. The zero-order chi connectivity index (χ0) is 14.5. The van der Waals surface area contributed by atoms with Crippen molar-refractivity contribution in [1.82, 2.24) is 21.3 Å². The van der Waals surface area contributed by atoms with Gasteiger partial charge < -0.3 is 21.3 Å². The molecule has 0 radical (unpaired) electrons. The van der Waals surface area contributed by atoms with E-state index in [4.69, 9.17) is 0 Å². The summed E-state index contributed by atoms with van der Waals surface area (Å²) in [6.07, 6.45) is 7.85. The molecule has 0 spiro atoms. The summed E-state index contributed by atoms with van der Waals surface area (Å²) in [5.74, 6) is 0. The van der Waals surface area contributed by atoms with Gasteiger partial charge in [0.05, 0.1) is 0 Å². The summed E-state index contributed by atoms with van der Waals surface area (Å²) in [7, 11) is 0. The monoisotopic (exact) mass is 428 g/mol. The Morgan fingerprint density at radius 1 is 0.583 bits per heavy atom. The van der Waals surface area contributed by atoms with Crippen molar-refractivity contribution >= 4 is 49.6 Å². The lowest BCUT2D eigenvalue weighted by molar-refractivity contribution is 0.306. The number of rotatable bonds is 12. The molecule has 1 saturated carbocycles. The lowest BCUT2D eigenvalue weighted by Crippen LogP contribution is -2.41. The molecule has 8 heteroatoms. The smallest absolute Gasteiger partial charge is 0.00682 e. The van der Waals surface area contributed by atoms with Crippen molar-refractivity contribution in [2.75, 3.05) is 39.3 Å². The van der Waals surface area contributed by atoms with E-state index in [9.17, 15) is 0 Å². The Hall–Kier alpha value is 1.00. The van der Waals surface area contributed by atoms with Crippen molar-refractivity contribution < 1.29 is 0 Å². The van der Waals surface area contributed by atoms with E-state index >= 15 is 0 Å². The normalized spacial score (nSPS) is 19.2. The lowest BCUT2D eigenvalue weighted by atomic mass is 9.91. The van der Waals surface area contributed by atoms with Gasteiger partial charge in [-0.15, -0.1) is 49.6 Å². The molecule has 0 aliphatic heterocycles. The van der Waals surface area contributed by atoms with E-state index in [1.807, 2.05) is 0 Å². The molecular weight excluding hydrogens is 390 g/mol. The predicted octanol–water partition coefficient (Wildman–Crippen LogP) is 3.16. The Morgan fingerprint density at radius 2 is 0.917 bits per heavy atom. The Kier molecular flexibility index (Phi) is 32.7. The molecule has 0 amide bonds. The third-order valence-corrected chi connectivity index (χ3v) is 4.15. The van der Waals surface area contributed by atoms with Gasteiger partial charge in [-0.2, -0.15) is 0 Å². The van der Waals surface area contributed by atoms with E-state index in [0.29, 0.717) is 0 Å². The Balaban J connectivity index is -0.000000500. The van der Waals surface area contributed by atoms with Crippen molar-refractivity contribution in [2.24, 2.45) is 0 Å². The second-order valence-electron chi connectivity index (χ2n) is 5.87. The predicted molar refractivity (Wildman–Crippen MR) is 117 cm³/mol. The van der Waals surface area contributed by atoms with Crippen LogP contribution in [0.5, 0.6) is 0 Å². The summed E-state index contributed by atoms with van der Waals surface area (Å²) < 4.78 is 0. The molecule has 1 aliphatic rings. The first-order valence-electron chi connectivity index (χ1n) is 8.75. The van der Waals surface area contributed by atoms with Crippen LogP contribution in [0.2, 0.25) is 0 Å². The molecule has 0 heterocycles. The molecule has 1 aliphatic carbocycles. The zero-order valence-electron chi connectivity index (χ0n) is 15.3. The van der Waals surface area contributed by atoms with Gasteiger partial charge in [-0.3, -0.25) is 0 Å². The van der Waals surface area contributed by atoms with Crippen LogP contribution in [0.4, 0.5) is 0 Å². The second kappa shape index (κ2) is 24.0. The molecule has 0 aromatic carbocycles. The van der Waals surface area contributed by atoms with E-state index in [2.05, 4.69) is 35.1 Å². The third-order valence-electron chi connectivity index (χ3n) is 4.15. The molecule has 0 atom stereocenters. The molecule has 4 N–H and O–H groups in total. The highest BCUT2D eigenvalue weighted by atomic mass is 35.5. The molecule has 1 rings (SSSR count). The van der Waals surface area contributed by atoms with E-state index in [1.54, 1.807) is 0 Å². The van der Waals surface area contributed by atoms with Crippen LogP contribution in [0, 0.1) is 0 Å². The second-order valence-corrected chi connectivity index (χ2v) is 5.87. The molecule has 4 nitrogen and oxygen atoms in total. The molecule has 0 unspecified atom stereocenters. The summed E-state index contributed by atoms with van der Waals surface area (Å²) in [5.41, 5.74) is 0. The summed E-state index contributed by atoms with van der Waals surface area (Å²) in [5, 5.41) is 14.2. The highest BCUT2D eigenvalue weighted by molar-refractivity contribution is 5.86. The Morgan fingerprint density at radius 3 is 1.21 bits per heavy atom. The minimum Gasteiger partial charge on any atom is -0.317 e. The van der Waals surface area contributed by atoms with Gasteiger partial charge in [-0.05, 0) is 77.8 Å². The molecule has 0 bridgehead atoms. The van der Waals surface area contributed by atoms with Crippen molar-refractivity contribution in [3.05, 3.63) is 0 Å². The molecule has 0 aromatic heterocycles. The van der Waals surface area contributed by atoms with Crippen LogP contribution in [0.25, 0.3) is 0 Å². The summed E-state index contributed by atoms with van der Waals surface area (Å²) >= 11 is 0. The minimum atomic E-state index is 0. The number of hydrogen-bond donors (Lipinski definition) is 4. The van der Waals surface area contributed by atoms with Gasteiger partial charge in [-0.25, -0.2) is 0 Å². The van der Waals surface area contributed by atoms with Crippen LogP contribution in [-0.2, 0) is 0 Å². The van der Waals surface area contributed by atoms with Crippen molar-refractivity contribution in [1.29, 1.82) is 0 Å². The topological polar surface area (TPSA) is 48.1 Å². The zero-order valence-corrected chi connectivity index (χ0v) is 18.5. The van der Waals surface area contributed by atoms with Crippen LogP contribution in [0.3, 0.4) is 0 Å². The van der Waals surface area contributed by atoms with Crippen LogP contribution in [-0.4, -0.2) is 51.4 Å². The van der Waals surface area contributed by atoms with Gasteiger partial charge in [0.1, 0.15) is 0 Å². The first-order chi connectivity index (χ1) is 9.86. The fraction of sp³-hybridized carbons (Fsp3) is 1.00. The highest BCUT2D eigenvalue weighted by Crippen LogP contribution is 2.18. The minimum absolute atomic E-state index is 0. The van der Waals surface area contributed by atoms with Crippen molar-refractivity contribution in [3.63, 3.8) is 0 Å². The number of hydrogen-bond acceptors (Lipinski definition) is 4. The first kappa shape index (κ1) is 32.7. The van der Waals surface area contributed by atoms with Crippen molar-refractivity contribution in [2.45, 2.75) is 64.5 Å². The lowest BCUT2D eigenvalue weighted by Gasteiger charge is -2.30. The maximum atomic E-state index is 3.71. The van der Waals surface area contributed by atoms with E-state index < -0.39 is 0 Å². The first-order valence-corrected chi connectivity index (χ1v) is 8.75. The molecule has 24 heavy (non-hydrogen) atoms. The van der Waals surface area contributed by atoms with Crippen LogP contribution in [0.1, 0.15) is 52.4 Å². The summed E-state index contributed by atoms with van der Waals surface area (Å²) in [4.78, 5) is 0. The quantitative estimate of drug-likeness (QED) is 0.360. The van der Waals surface area contributed by atoms with E-state index in [-0.39, 0.29) is 49.6 Å². The van der Waals surface area contributed by atoms with Crippen LogP contribution < -0.4 is 21.3 Å². The summed E-state index contributed by atoms with van der Waals surface area (Å²) in [6, 6.07) is 1.52. The van der Waals surface area contributed by atoms with Crippen LogP contribution in [0.15, 0.2) is 0 Å². The SMILES string of the molecule is CCNCCCN[C@H]1CC[C@H](NCCCNCC)CC1.Cl.Cl.Cl.Cl. The maximum Gasteiger partial charge on any atom is 0.00682 e. The average molecular weight is 430 g/mol. The van der Waals surface area contributed by atoms with Gasteiger partial charge in [0.25, 0.3) is 0 Å². The van der Waals surface area contributed by atoms with Gasteiger partial charge in [-0.1, -0.05) is 13.8 Å². The standard InChI is InChI=1S/C16H36N4.4ClH/c1-3-17-11-5-13-19-15-7-9-16(10-8-15)20-14-6-12-18-4-2;;;;/h15-20H,3-14H2,1-2H3;4*1H/t15-,16-;;;;. The van der Waals surface area contributed by atoms with Gasteiger partial charge in [0.15, 0.2) is 0 Å². The van der Waals surface area contributed by atoms with Crippen molar-refractivity contribution in [3.8, 4) is 0 Å². The molecular formula is C16H40Cl4N4. The molecule has 0 aromatic rings. The maximum absolute atomic E-state index is 3.71. The molecule has 0 saturated heterocycles. The average Bonchev–Trinajstić information content (AvgIpc) is 2.48.